The van der Waals surface area contributed by atoms with Gasteiger partial charge in [-0.05, 0) is 35.7 Å². The number of carbonyl (C=O) groups excluding carboxylic acids is 1. The van der Waals surface area contributed by atoms with Gasteiger partial charge in [-0.25, -0.2) is 0 Å². The molecule has 0 fully saturated rings. The van der Waals surface area contributed by atoms with Crippen LogP contribution in [0.3, 0.4) is 0 Å². The molecule has 2 N–H and O–H groups in total. The zero-order valence-corrected chi connectivity index (χ0v) is 12.0. The quantitative estimate of drug-likeness (QED) is 0.586. The van der Waals surface area contributed by atoms with Crippen molar-refractivity contribution >= 4 is 33.5 Å². The second kappa shape index (κ2) is 4.46. The average Bonchev–Trinajstić information content (AvgIpc) is 3.08. The molecule has 0 aliphatic carbocycles. The van der Waals surface area contributed by atoms with Crippen LogP contribution in [-0.4, -0.2) is 20.3 Å². The summed E-state index contributed by atoms with van der Waals surface area (Å²) in [7, 11) is 1.96. The Morgan fingerprint density at radius 2 is 1.91 bits per heavy atom. The lowest BCUT2D eigenvalue weighted by Gasteiger charge is -2.04. The van der Waals surface area contributed by atoms with Crippen LogP contribution in [0.1, 0.15) is 10.4 Å². The number of nitrogens with zero attached hydrogens (tertiary/aromatic N) is 3. The molecule has 0 aliphatic rings. The number of rotatable bonds is 1. The van der Waals surface area contributed by atoms with Crippen molar-refractivity contribution in [3.63, 3.8) is 0 Å². The number of benzene rings is 2. The van der Waals surface area contributed by atoms with Crippen molar-refractivity contribution in [2.75, 3.05) is 5.73 Å². The second-order valence-electron chi connectivity index (χ2n) is 5.32. The molecule has 5 heteroatoms. The number of carbonyl (C=O) groups is 1. The Morgan fingerprint density at radius 1 is 1.09 bits per heavy atom. The van der Waals surface area contributed by atoms with Gasteiger partial charge in [-0.3, -0.25) is 4.79 Å². The monoisotopic (exact) mass is 290 g/mol. The van der Waals surface area contributed by atoms with Crippen LogP contribution in [0.5, 0.6) is 0 Å². The Hall–Kier alpha value is -3.08. The highest BCUT2D eigenvalue weighted by molar-refractivity contribution is 6.05. The van der Waals surface area contributed by atoms with Crippen LogP contribution in [0, 0.1) is 0 Å². The molecular formula is C17H14N4O. The molecule has 0 radical (unpaired) electrons. The van der Waals surface area contributed by atoms with Crippen molar-refractivity contribution in [3.8, 4) is 0 Å². The molecule has 4 rings (SSSR count). The largest absolute Gasteiger partial charge is 0.382 e. The number of nitrogen functional groups attached to an aromatic ring is 1. The number of nitrogens with two attached hydrogens (primary N) is 1. The summed E-state index contributed by atoms with van der Waals surface area (Å²) in [5.74, 6) is 0.180. The molecule has 2 heterocycles. The molecule has 0 saturated carbocycles. The van der Waals surface area contributed by atoms with Gasteiger partial charge in [0.2, 0.25) is 0 Å². The van der Waals surface area contributed by atoms with Crippen LogP contribution in [0.4, 0.5) is 5.82 Å². The molecule has 108 valence electrons. The molecule has 0 spiro atoms. The molecule has 4 aromatic rings. The maximum Gasteiger partial charge on any atom is 0.278 e. The van der Waals surface area contributed by atoms with Crippen molar-refractivity contribution in [1.29, 1.82) is 0 Å². The first-order valence-electron chi connectivity index (χ1n) is 6.98. The number of aryl methyl sites for hydroxylation is 1. The number of para-hydroxylation sites is 1. The van der Waals surface area contributed by atoms with Crippen LogP contribution >= 0.6 is 0 Å². The molecule has 2 aromatic heterocycles. The lowest BCUT2D eigenvalue weighted by Crippen LogP contribution is -2.13. The van der Waals surface area contributed by atoms with Gasteiger partial charge in [0.25, 0.3) is 5.91 Å². The van der Waals surface area contributed by atoms with E-state index < -0.39 is 0 Å². The fourth-order valence-corrected chi connectivity index (χ4v) is 2.76. The zero-order valence-electron chi connectivity index (χ0n) is 12.0. The minimum Gasteiger partial charge on any atom is -0.382 e. The Morgan fingerprint density at radius 3 is 2.77 bits per heavy atom. The summed E-state index contributed by atoms with van der Waals surface area (Å²) >= 11 is 0. The third-order valence-electron chi connectivity index (χ3n) is 3.94. The van der Waals surface area contributed by atoms with Gasteiger partial charge < -0.3 is 10.3 Å². The zero-order chi connectivity index (χ0) is 15.3. The van der Waals surface area contributed by atoms with Crippen molar-refractivity contribution in [3.05, 3.63) is 60.3 Å². The van der Waals surface area contributed by atoms with Crippen molar-refractivity contribution in [2.45, 2.75) is 0 Å². The van der Waals surface area contributed by atoms with E-state index in [-0.39, 0.29) is 5.91 Å². The summed E-state index contributed by atoms with van der Waals surface area (Å²) in [6, 6.07) is 15.1. The Labute approximate surface area is 126 Å². The van der Waals surface area contributed by atoms with Crippen molar-refractivity contribution in [2.24, 2.45) is 7.05 Å². The third-order valence-corrected chi connectivity index (χ3v) is 3.94. The average molecular weight is 290 g/mol. The summed E-state index contributed by atoms with van der Waals surface area (Å²) in [5.41, 5.74) is 8.22. The first kappa shape index (κ1) is 12.6. The van der Waals surface area contributed by atoms with Crippen LogP contribution < -0.4 is 5.73 Å². The van der Waals surface area contributed by atoms with E-state index in [4.69, 9.17) is 5.73 Å². The fourth-order valence-electron chi connectivity index (χ4n) is 2.76. The summed E-state index contributed by atoms with van der Waals surface area (Å²) in [4.78, 5) is 12.8. The molecule has 0 unspecified atom stereocenters. The molecule has 0 amide bonds. The molecule has 0 saturated heterocycles. The van der Waals surface area contributed by atoms with Crippen LogP contribution in [0.15, 0.2) is 54.7 Å². The number of anilines is 1. The van der Waals surface area contributed by atoms with Gasteiger partial charge in [0.15, 0.2) is 5.82 Å². The Kier molecular flexibility index (Phi) is 2.56. The lowest BCUT2D eigenvalue weighted by atomic mass is 10.1. The second-order valence-corrected chi connectivity index (χ2v) is 5.32. The number of hydrogen-bond donors (Lipinski definition) is 1. The van der Waals surface area contributed by atoms with E-state index in [0.717, 1.165) is 21.8 Å². The van der Waals surface area contributed by atoms with Crippen LogP contribution in [-0.2, 0) is 7.05 Å². The van der Waals surface area contributed by atoms with Gasteiger partial charge in [-0.1, -0.05) is 18.2 Å². The van der Waals surface area contributed by atoms with Gasteiger partial charge in [0.1, 0.15) is 0 Å². The molecular weight excluding hydrogens is 276 g/mol. The van der Waals surface area contributed by atoms with E-state index in [0.29, 0.717) is 11.4 Å². The minimum absolute atomic E-state index is 0.184. The predicted octanol–water partition coefficient (Wildman–Crippen LogP) is 2.80. The first-order chi connectivity index (χ1) is 10.6. The van der Waals surface area contributed by atoms with Gasteiger partial charge >= 0.3 is 0 Å². The van der Waals surface area contributed by atoms with Crippen LogP contribution in [0.25, 0.3) is 21.8 Å². The molecule has 0 aliphatic heterocycles. The molecule has 0 atom stereocenters. The number of fused-ring (bicyclic) bond motifs is 2. The molecule has 5 nitrogen and oxygen atoms in total. The van der Waals surface area contributed by atoms with E-state index in [1.807, 2.05) is 66.3 Å². The molecule has 2 aromatic carbocycles. The van der Waals surface area contributed by atoms with E-state index >= 15 is 0 Å². The highest BCUT2D eigenvalue weighted by atomic mass is 16.2. The van der Waals surface area contributed by atoms with E-state index in [2.05, 4.69) is 5.10 Å². The van der Waals surface area contributed by atoms with E-state index in [9.17, 15) is 4.79 Å². The molecule has 0 bridgehead atoms. The van der Waals surface area contributed by atoms with Gasteiger partial charge in [-0.2, -0.15) is 4.68 Å². The Balaban J connectivity index is 1.89. The third kappa shape index (κ3) is 1.72. The van der Waals surface area contributed by atoms with E-state index in [1.54, 1.807) is 0 Å². The number of hydrogen-bond acceptors (Lipinski definition) is 3. The summed E-state index contributed by atoms with van der Waals surface area (Å²) in [6.07, 6.45) is 1.97. The van der Waals surface area contributed by atoms with Crippen LogP contribution in [0.2, 0.25) is 0 Å². The maximum atomic E-state index is 12.8. The van der Waals surface area contributed by atoms with Crippen molar-refractivity contribution in [1.82, 2.24) is 14.3 Å². The topological polar surface area (TPSA) is 65.8 Å². The SMILES string of the molecule is Cn1ccc2ccc(C(=O)n3nc(N)c4ccccc43)cc21. The number of aromatic nitrogens is 3. The standard InChI is InChI=1S/C17H14N4O/c1-20-9-8-11-6-7-12(10-15(11)20)17(22)21-14-5-3-2-4-13(14)16(18)19-21/h2-10H,1H3,(H2,18,19). The molecule has 22 heavy (non-hydrogen) atoms. The van der Waals surface area contributed by atoms with Gasteiger partial charge in [0, 0.05) is 29.7 Å². The summed E-state index contributed by atoms with van der Waals surface area (Å²) < 4.78 is 3.36. The summed E-state index contributed by atoms with van der Waals surface area (Å²) in [6.45, 7) is 0. The first-order valence-corrected chi connectivity index (χ1v) is 6.98. The Bertz CT molecular complexity index is 1030. The highest BCUT2D eigenvalue weighted by Crippen LogP contribution is 2.22. The normalized spacial score (nSPS) is 11.3. The van der Waals surface area contributed by atoms with Gasteiger partial charge in [-0.15, -0.1) is 5.10 Å². The minimum atomic E-state index is -0.184. The predicted molar refractivity (Wildman–Crippen MR) is 86.8 cm³/mol. The fraction of sp³-hybridized carbons (Fsp3) is 0.0588. The van der Waals surface area contributed by atoms with Gasteiger partial charge in [0.05, 0.1) is 5.52 Å². The summed E-state index contributed by atoms with van der Waals surface area (Å²) in [5, 5.41) is 6.08. The van der Waals surface area contributed by atoms with Crippen molar-refractivity contribution < 1.29 is 4.79 Å². The smallest absolute Gasteiger partial charge is 0.278 e. The maximum absolute atomic E-state index is 12.8. The highest BCUT2D eigenvalue weighted by Gasteiger charge is 2.16. The lowest BCUT2D eigenvalue weighted by molar-refractivity contribution is 0.0951. The van der Waals surface area contributed by atoms with E-state index in [1.165, 1.54) is 4.68 Å².